The third-order valence-corrected chi connectivity index (χ3v) is 4.43. The van der Waals surface area contributed by atoms with Gasteiger partial charge >= 0.3 is 5.97 Å². The lowest BCUT2D eigenvalue weighted by Gasteiger charge is -2.27. The van der Waals surface area contributed by atoms with Crippen LogP contribution in [0.1, 0.15) is 30.7 Å². The highest BCUT2D eigenvalue weighted by molar-refractivity contribution is 7.10. The Labute approximate surface area is 105 Å². The molecule has 0 spiro atoms. The fourth-order valence-electron chi connectivity index (χ4n) is 2.42. The van der Waals surface area contributed by atoms with E-state index >= 15 is 0 Å². The number of nitrogens with zero attached hydrogens (tertiary/aromatic N) is 1. The van der Waals surface area contributed by atoms with Crippen molar-refractivity contribution in [2.75, 3.05) is 13.1 Å². The van der Waals surface area contributed by atoms with Crippen molar-refractivity contribution in [1.29, 1.82) is 0 Å². The number of hydrogen-bond donors (Lipinski definition) is 2. The molecule has 1 aromatic heterocycles. The van der Waals surface area contributed by atoms with E-state index in [1.807, 2.05) is 6.07 Å². The van der Waals surface area contributed by atoms with Gasteiger partial charge in [0.15, 0.2) is 0 Å². The van der Waals surface area contributed by atoms with Gasteiger partial charge in [-0.15, -0.1) is 11.3 Å². The molecule has 0 aliphatic carbocycles. The standard InChI is InChI=1S/C12H18N2O2S/c1-2-9(10-4-3-7-17-10)14-6-5-12(13,8-14)11(15)16/h3-4,7,9H,2,5-6,8,13H2,1H3,(H,15,16). The summed E-state index contributed by atoms with van der Waals surface area (Å²) in [4.78, 5) is 14.6. The van der Waals surface area contributed by atoms with Crippen LogP contribution in [-0.4, -0.2) is 34.6 Å². The van der Waals surface area contributed by atoms with E-state index in [4.69, 9.17) is 10.8 Å². The average molecular weight is 254 g/mol. The minimum atomic E-state index is -1.06. The molecule has 17 heavy (non-hydrogen) atoms. The van der Waals surface area contributed by atoms with Crippen LogP contribution in [-0.2, 0) is 4.79 Å². The lowest BCUT2D eigenvalue weighted by atomic mass is 10.0. The topological polar surface area (TPSA) is 66.6 Å². The first-order valence-electron chi connectivity index (χ1n) is 5.86. The summed E-state index contributed by atoms with van der Waals surface area (Å²) in [6.45, 7) is 3.33. The molecule has 2 rings (SSSR count). The van der Waals surface area contributed by atoms with E-state index in [0.717, 1.165) is 13.0 Å². The average Bonchev–Trinajstić information content (AvgIpc) is 2.91. The van der Waals surface area contributed by atoms with Crippen LogP contribution in [0, 0.1) is 0 Å². The predicted molar refractivity (Wildman–Crippen MR) is 68.1 cm³/mol. The van der Waals surface area contributed by atoms with E-state index in [2.05, 4.69) is 23.3 Å². The summed E-state index contributed by atoms with van der Waals surface area (Å²) in [5.41, 5.74) is 4.84. The molecule has 5 heteroatoms. The summed E-state index contributed by atoms with van der Waals surface area (Å²) in [6, 6.07) is 4.45. The van der Waals surface area contributed by atoms with Gasteiger partial charge in [0.05, 0.1) is 0 Å². The third-order valence-electron chi connectivity index (χ3n) is 3.46. The highest BCUT2D eigenvalue weighted by Gasteiger charge is 2.43. The van der Waals surface area contributed by atoms with Gasteiger partial charge < -0.3 is 10.8 Å². The summed E-state index contributed by atoms with van der Waals surface area (Å²) < 4.78 is 0. The number of carbonyl (C=O) groups is 1. The smallest absolute Gasteiger partial charge is 0.325 e. The summed E-state index contributed by atoms with van der Waals surface area (Å²) in [5.74, 6) is -0.888. The van der Waals surface area contributed by atoms with E-state index < -0.39 is 11.5 Å². The van der Waals surface area contributed by atoms with Crippen LogP contribution in [0.2, 0.25) is 0 Å². The first-order valence-corrected chi connectivity index (χ1v) is 6.74. The largest absolute Gasteiger partial charge is 0.480 e. The highest BCUT2D eigenvalue weighted by atomic mass is 32.1. The monoisotopic (exact) mass is 254 g/mol. The zero-order valence-electron chi connectivity index (χ0n) is 9.93. The van der Waals surface area contributed by atoms with Gasteiger partial charge in [0, 0.05) is 24.0 Å². The highest BCUT2D eigenvalue weighted by Crippen LogP contribution is 2.33. The number of hydrogen-bond acceptors (Lipinski definition) is 4. The Hall–Kier alpha value is -0.910. The molecule has 94 valence electrons. The van der Waals surface area contributed by atoms with Crippen LogP contribution in [0.15, 0.2) is 17.5 Å². The number of carboxylic acid groups (broad SMARTS) is 1. The predicted octanol–water partition coefficient (Wildman–Crippen LogP) is 1.69. The van der Waals surface area contributed by atoms with E-state index in [0.29, 0.717) is 19.0 Å². The summed E-state index contributed by atoms with van der Waals surface area (Å²) in [5, 5.41) is 11.2. The number of rotatable bonds is 4. The fraction of sp³-hybridized carbons (Fsp3) is 0.583. The van der Waals surface area contributed by atoms with Crippen molar-refractivity contribution in [2.24, 2.45) is 5.73 Å². The van der Waals surface area contributed by atoms with Crippen LogP contribution in [0.4, 0.5) is 0 Å². The molecule has 1 aliphatic heterocycles. The first-order chi connectivity index (χ1) is 8.07. The zero-order valence-corrected chi connectivity index (χ0v) is 10.7. The summed E-state index contributed by atoms with van der Waals surface area (Å²) >= 11 is 1.72. The quantitative estimate of drug-likeness (QED) is 0.858. The van der Waals surface area contributed by atoms with Crippen molar-refractivity contribution in [1.82, 2.24) is 4.90 Å². The lowest BCUT2D eigenvalue weighted by molar-refractivity contribution is -0.142. The maximum Gasteiger partial charge on any atom is 0.325 e. The molecule has 2 atom stereocenters. The number of aliphatic carboxylic acids is 1. The van der Waals surface area contributed by atoms with Crippen LogP contribution in [0.5, 0.6) is 0 Å². The Balaban J connectivity index is 2.12. The van der Waals surface area contributed by atoms with E-state index in [-0.39, 0.29) is 0 Å². The molecular weight excluding hydrogens is 236 g/mol. The van der Waals surface area contributed by atoms with Crippen LogP contribution in [0.25, 0.3) is 0 Å². The van der Waals surface area contributed by atoms with Gasteiger partial charge in [0.25, 0.3) is 0 Å². The number of thiophene rings is 1. The molecule has 0 aromatic carbocycles. The minimum absolute atomic E-state index is 0.305. The summed E-state index contributed by atoms with van der Waals surface area (Å²) in [7, 11) is 0. The van der Waals surface area contributed by atoms with Gasteiger partial charge in [-0.25, -0.2) is 0 Å². The lowest BCUT2D eigenvalue weighted by Crippen LogP contribution is -2.50. The van der Waals surface area contributed by atoms with Crippen molar-refractivity contribution in [3.8, 4) is 0 Å². The van der Waals surface area contributed by atoms with Crippen molar-refractivity contribution in [3.05, 3.63) is 22.4 Å². The number of likely N-dealkylation sites (tertiary alicyclic amines) is 1. The molecule has 1 fully saturated rings. The van der Waals surface area contributed by atoms with Crippen LogP contribution >= 0.6 is 11.3 Å². The van der Waals surface area contributed by atoms with Gasteiger partial charge in [-0.3, -0.25) is 9.69 Å². The maximum atomic E-state index is 11.1. The van der Waals surface area contributed by atoms with E-state index in [1.54, 1.807) is 11.3 Å². The molecule has 3 N–H and O–H groups in total. The van der Waals surface area contributed by atoms with Gasteiger partial charge in [-0.05, 0) is 24.3 Å². The molecule has 0 radical (unpaired) electrons. The van der Waals surface area contributed by atoms with Crippen LogP contribution in [0.3, 0.4) is 0 Å². The third kappa shape index (κ3) is 2.36. The van der Waals surface area contributed by atoms with Crippen molar-refractivity contribution in [3.63, 3.8) is 0 Å². The van der Waals surface area contributed by atoms with Crippen molar-refractivity contribution in [2.45, 2.75) is 31.3 Å². The normalized spacial score (nSPS) is 27.2. The van der Waals surface area contributed by atoms with Gasteiger partial charge in [0.2, 0.25) is 0 Å². The Kier molecular flexibility index (Phi) is 3.51. The molecule has 2 unspecified atom stereocenters. The zero-order chi connectivity index (χ0) is 12.5. The molecule has 0 amide bonds. The van der Waals surface area contributed by atoms with Gasteiger partial charge in [-0.1, -0.05) is 13.0 Å². The Morgan fingerprint density at radius 2 is 2.53 bits per heavy atom. The Bertz CT molecular complexity index is 393. The Morgan fingerprint density at radius 1 is 1.76 bits per heavy atom. The molecule has 1 aromatic rings. The van der Waals surface area contributed by atoms with E-state index in [1.165, 1.54) is 4.88 Å². The molecular formula is C12H18N2O2S. The molecule has 2 heterocycles. The fourth-order valence-corrected chi connectivity index (χ4v) is 3.37. The number of nitrogens with two attached hydrogens (primary N) is 1. The second kappa shape index (κ2) is 4.76. The second-order valence-corrected chi connectivity index (χ2v) is 5.60. The number of carboxylic acids is 1. The Morgan fingerprint density at radius 3 is 3.00 bits per heavy atom. The summed E-state index contributed by atoms with van der Waals surface area (Å²) in [6.07, 6.45) is 1.51. The van der Waals surface area contributed by atoms with Gasteiger partial charge in [-0.2, -0.15) is 0 Å². The second-order valence-electron chi connectivity index (χ2n) is 4.62. The molecule has 0 bridgehead atoms. The maximum absolute atomic E-state index is 11.1. The molecule has 4 nitrogen and oxygen atoms in total. The SMILES string of the molecule is CCC(c1cccs1)N1CCC(N)(C(=O)O)C1. The van der Waals surface area contributed by atoms with Crippen molar-refractivity contribution < 1.29 is 9.90 Å². The first kappa shape index (κ1) is 12.5. The molecule has 0 saturated carbocycles. The molecule has 1 saturated heterocycles. The van der Waals surface area contributed by atoms with E-state index in [9.17, 15) is 4.79 Å². The minimum Gasteiger partial charge on any atom is -0.480 e. The molecule has 1 aliphatic rings. The van der Waals surface area contributed by atoms with Crippen LogP contribution < -0.4 is 5.73 Å². The van der Waals surface area contributed by atoms with Crippen molar-refractivity contribution >= 4 is 17.3 Å². The van der Waals surface area contributed by atoms with Gasteiger partial charge in [0.1, 0.15) is 5.54 Å².